The second kappa shape index (κ2) is 5.34. The molecule has 0 fully saturated rings. The first-order valence-corrected chi connectivity index (χ1v) is 9.70. The molecule has 0 aromatic heterocycles. The van der Waals surface area contributed by atoms with Gasteiger partial charge in [0.05, 0.1) is 14.7 Å². The summed E-state index contributed by atoms with van der Waals surface area (Å²) in [4.78, 5) is 0. The molecule has 0 saturated heterocycles. The first-order valence-electron chi connectivity index (χ1n) is 6.20. The van der Waals surface area contributed by atoms with E-state index in [1.54, 1.807) is 0 Å². The number of nitrogens with one attached hydrogen (secondary N) is 1. The van der Waals surface area contributed by atoms with Crippen LogP contribution >= 0.6 is 0 Å². The van der Waals surface area contributed by atoms with Crippen LogP contribution in [0.25, 0.3) is 0 Å². The summed E-state index contributed by atoms with van der Waals surface area (Å²) in [5.41, 5.74) is 1.06. The van der Waals surface area contributed by atoms with Crippen LogP contribution < -0.4 is 10.5 Å². The van der Waals surface area contributed by atoms with Gasteiger partial charge in [0.15, 0.2) is 0 Å². The molecule has 0 spiro atoms. The van der Waals surface area contributed by atoms with E-state index >= 15 is 0 Å². The molecule has 0 aliphatic heterocycles. The van der Waals surface area contributed by atoms with Gasteiger partial charge < -0.3 is 10.4 Å². The highest BCUT2D eigenvalue weighted by Gasteiger charge is 2.17. The van der Waals surface area contributed by atoms with Crippen molar-refractivity contribution in [3.63, 3.8) is 0 Å². The summed E-state index contributed by atoms with van der Waals surface area (Å²) in [7, 11) is -1.18. The van der Waals surface area contributed by atoms with Crippen LogP contribution in [0.4, 0.5) is 0 Å². The van der Waals surface area contributed by atoms with Gasteiger partial charge in [-0.05, 0) is 19.4 Å². The molecule has 2 N–H and O–H groups in total. The van der Waals surface area contributed by atoms with E-state index in [4.69, 9.17) is 5.11 Å². The lowest BCUT2D eigenvalue weighted by molar-refractivity contribution is 0.187. The van der Waals surface area contributed by atoms with E-state index in [2.05, 4.69) is 49.2 Å². The SMILES string of the molecule is CC(C)(CO)NCc1ccc([Si](C)(C)C)cc1. The Kier molecular flexibility index (Phi) is 4.53. The zero-order valence-electron chi connectivity index (χ0n) is 11.7. The Morgan fingerprint density at radius 2 is 1.65 bits per heavy atom. The molecule has 1 aromatic carbocycles. The molecule has 3 heteroatoms. The van der Waals surface area contributed by atoms with E-state index in [0.29, 0.717) is 0 Å². The summed E-state index contributed by atoms with van der Waals surface area (Å²) in [6.07, 6.45) is 0. The van der Waals surface area contributed by atoms with Gasteiger partial charge in [-0.3, -0.25) is 0 Å². The molecule has 0 atom stereocenters. The summed E-state index contributed by atoms with van der Waals surface area (Å²) in [5, 5.41) is 14.0. The summed E-state index contributed by atoms with van der Waals surface area (Å²) in [6, 6.07) is 8.87. The predicted molar refractivity (Wildman–Crippen MR) is 77.4 cm³/mol. The van der Waals surface area contributed by atoms with E-state index < -0.39 is 8.07 Å². The number of hydrogen-bond acceptors (Lipinski definition) is 2. The third kappa shape index (κ3) is 4.62. The average molecular weight is 251 g/mol. The number of rotatable bonds is 5. The number of hydrogen-bond donors (Lipinski definition) is 2. The summed E-state index contributed by atoms with van der Waals surface area (Å²) >= 11 is 0. The summed E-state index contributed by atoms with van der Waals surface area (Å²) < 4.78 is 0. The van der Waals surface area contributed by atoms with Crippen molar-refractivity contribution in [2.45, 2.75) is 45.6 Å². The topological polar surface area (TPSA) is 32.3 Å². The van der Waals surface area contributed by atoms with Crippen molar-refractivity contribution in [2.75, 3.05) is 6.61 Å². The lowest BCUT2D eigenvalue weighted by Gasteiger charge is -2.24. The lowest BCUT2D eigenvalue weighted by atomic mass is 10.1. The number of benzene rings is 1. The van der Waals surface area contributed by atoms with E-state index in [0.717, 1.165) is 6.54 Å². The average Bonchev–Trinajstić information content (AvgIpc) is 2.26. The highest BCUT2D eigenvalue weighted by atomic mass is 28.3. The van der Waals surface area contributed by atoms with E-state index in [-0.39, 0.29) is 12.1 Å². The van der Waals surface area contributed by atoms with Crippen LogP contribution in [0.2, 0.25) is 19.6 Å². The van der Waals surface area contributed by atoms with Crippen LogP contribution in [-0.4, -0.2) is 25.3 Å². The van der Waals surface area contributed by atoms with Crippen LogP contribution in [-0.2, 0) is 6.54 Å². The fourth-order valence-corrected chi connectivity index (χ4v) is 2.69. The summed E-state index contributed by atoms with van der Waals surface area (Å²) in [5.74, 6) is 0. The zero-order chi connectivity index (χ0) is 13.1. The first kappa shape index (κ1) is 14.4. The normalized spacial score (nSPS) is 12.8. The Morgan fingerprint density at radius 3 is 2.06 bits per heavy atom. The van der Waals surface area contributed by atoms with Gasteiger partial charge >= 0.3 is 0 Å². The van der Waals surface area contributed by atoms with Crippen LogP contribution in [0.1, 0.15) is 19.4 Å². The molecule has 0 saturated carbocycles. The lowest BCUT2D eigenvalue weighted by Crippen LogP contribution is -2.42. The zero-order valence-corrected chi connectivity index (χ0v) is 12.7. The third-order valence-corrected chi connectivity index (χ3v) is 5.05. The van der Waals surface area contributed by atoms with Crippen molar-refractivity contribution in [1.82, 2.24) is 5.32 Å². The van der Waals surface area contributed by atoms with Gasteiger partial charge in [0.2, 0.25) is 0 Å². The molecule has 17 heavy (non-hydrogen) atoms. The molecule has 1 rings (SSSR count). The fourth-order valence-electron chi connectivity index (χ4n) is 1.52. The second-order valence-corrected chi connectivity index (χ2v) is 11.4. The van der Waals surface area contributed by atoms with E-state index in [1.807, 2.05) is 13.8 Å². The molecule has 96 valence electrons. The Bertz CT molecular complexity index is 351. The van der Waals surface area contributed by atoms with Gasteiger partial charge in [-0.15, -0.1) is 0 Å². The fraction of sp³-hybridized carbons (Fsp3) is 0.571. The maximum absolute atomic E-state index is 9.17. The molecule has 0 aliphatic carbocycles. The van der Waals surface area contributed by atoms with Crippen molar-refractivity contribution in [1.29, 1.82) is 0 Å². The minimum atomic E-state index is -1.18. The Balaban J connectivity index is 2.64. The molecule has 0 unspecified atom stereocenters. The van der Waals surface area contributed by atoms with Gasteiger partial charge in [0, 0.05) is 12.1 Å². The Labute approximate surface area is 106 Å². The molecule has 0 bridgehead atoms. The van der Waals surface area contributed by atoms with Gasteiger partial charge in [-0.25, -0.2) is 0 Å². The smallest absolute Gasteiger partial charge is 0.0775 e. The number of aliphatic hydroxyl groups excluding tert-OH is 1. The maximum atomic E-state index is 9.17. The third-order valence-electron chi connectivity index (χ3n) is 2.99. The minimum Gasteiger partial charge on any atom is -0.394 e. The highest BCUT2D eigenvalue weighted by Crippen LogP contribution is 2.06. The van der Waals surface area contributed by atoms with Gasteiger partial charge in [0.25, 0.3) is 0 Å². The monoisotopic (exact) mass is 251 g/mol. The number of aliphatic hydroxyl groups is 1. The molecule has 2 nitrogen and oxygen atoms in total. The van der Waals surface area contributed by atoms with Crippen LogP contribution in [0, 0.1) is 0 Å². The Hall–Kier alpha value is -0.643. The van der Waals surface area contributed by atoms with Gasteiger partial charge in [0.1, 0.15) is 0 Å². The van der Waals surface area contributed by atoms with Crippen molar-refractivity contribution in [2.24, 2.45) is 0 Å². The van der Waals surface area contributed by atoms with E-state index in [9.17, 15) is 0 Å². The second-order valence-electron chi connectivity index (χ2n) is 6.34. The highest BCUT2D eigenvalue weighted by molar-refractivity contribution is 6.88. The largest absolute Gasteiger partial charge is 0.394 e. The quantitative estimate of drug-likeness (QED) is 0.786. The standard InChI is InChI=1S/C14H25NOSi/c1-14(2,11-16)15-10-12-6-8-13(9-7-12)17(3,4)5/h6-9,15-16H,10-11H2,1-5H3. The van der Waals surface area contributed by atoms with Crippen LogP contribution in [0.15, 0.2) is 24.3 Å². The summed E-state index contributed by atoms with van der Waals surface area (Å²) in [6.45, 7) is 12.0. The van der Waals surface area contributed by atoms with Crippen molar-refractivity contribution in [3.8, 4) is 0 Å². The van der Waals surface area contributed by atoms with Gasteiger partial charge in [-0.1, -0.05) is 49.1 Å². The van der Waals surface area contributed by atoms with Crippen LogP contribution in [0.5, 0.6) is 0 Å². The van der Waals surface area contributed by atoms with Gasteiger partial charge in [-0.2, -0.15) is 0 Å². The minimum absolute atomic E-state index is 0.153. The van der Waals surface area contributed by atoms with E-state index in [1.165, 1.54) is 10.8 Å². The van der Waals surface area contributed by atoms with Crippen molar-refractivity contribution in [3.05, 3.63) is 29.8 Å². The Morgan fingerprint density at radius 1 is 1.12 bits per heavy atom. The maximum Gasteiger partial charge on any atom is 0.0775 e. The van der Waals surface area contributed by atoms with Crippen LogP contribution in [0.3, 0.4) is 0 Å². The van der Waals surface area contributed by atoms with Crippen molar-refractivity contribution >= 4 is 13.3 Å². The molecule has 0 heterocycles. The molecule has 1 aromatic rings. The molecular formula is C14H25NOSi. The molecular weight excluding hydrogens is 226 g/mol. The first-order chi connectivity index (χ1) is 7.74. The van der Waals surface area contributed by atoms with Crippen molar-refractivity contribution < 1.29 is 5.11 Å². The predicted octanol–water partition coefficient (Wildman–Crippen LogP) is 2.09. The molecule has 0 amide bonds. The molecule has 0 aliphatic rings. The molecule has 0 radical (unpaired) electrons.